The van der Waals surface area contributed by atoms with Gasteiger partial charge >= 0.3 is 0 Å². The first kappa shape index (κ1) is 18.8. The van der Waals surface area contributed by atoms with E-state index >= 15 is 0 Å². The summed E-state index contributed by atoms with van der Waals surface area (Å²) >= 11 is 0. The Morgan fingerprint density at radius 1 is 1.15 bits per heavy atom. The van der Waals surface area contributed by atoms with Crippen molar-refractivity contribution < 1.29 is 14.4 Å². The Hall–Kier alpha value is -3.53. The number of non-ortho nitro benzene ring substituents is 1. The molecule has 0 saturated carbocycles. The SMILES string of the molecule is COc1cc(N(C)C)c(OC)cc1C=C(C#N)c1ccc([N+](=O)[O-])cc1. The molecule has 0 bridgehead atoms. The second-order valence-corrected chi connectivity index (χ2v) is 5.63. The van der Waals surface area contributed by atoms with Crippen LogP contribution in [-0.2, 0) is 0 Å². The van der Waals surface area contributed by atoms with Gasteiger partial charge in [-0.15, -0.1) is 0 Å². The summed E-state index contributed by atoms with van der Waals surface area (Å²) in [7, 11) is 6.91. The maximum Gasteiger partial charge on any atom is 0.269 e. The van der Waals surface area contributed by atoms with E-state index < -0.39 is 4.92 Å². The third-order valence-electron chi connectivity index (χ3n) is 3.82. The van der Waals surface area contributed by atoms with Crippen molar-refractivity contribution in [2.24, 2.45) is 0 Å². The molecule has 0 aromatic heterocycles. The van der Waals surface area contributed by atoms with Gasteiger partial charge in [0.25, 0.3) is 5.69 Å². The van der Waals surface area contributed by atoms with Crippen molar-refractivity contribution in [1.82, 2.24) is 0 Å². The fourth-order valence-corrected chi connectivity index (χ4v) is 2.47. The van der Waals surface area contributed by atoms with E-state index in [1.165, 1.54) is 12.1 Å². The lowest BCUT2D eigenvalue weighted by Gasteiger charge is -2.19. The van der Waals surface area contributed by atoms with E-state index in [9.17, 15) is 15.4 Å². The number of nitro groups is 1. The van der Waals surface area contributed by atoms with E-state index in [1.54, 1.807) is 38.5 Å². The van der Waals surface area contributed by atoms with E-state index in [0.29, 0.717) is 28.2 Å². The van der Waals surface area contributed by atoms with Crippen LogP contribution in [0.25, 0.3) is 11.6 Å². The van der Waals surface area contributed by atoms with Gasteiger partial charge in [-0.05, 0) is 29.8 Å². The van der Waals surface area contributed by atoms with Crippen LogP contribution in [0.1, 0.15) is 11.1 Å². The fraction of sp³-hybridized carbons (Fsp3) is 0.211. The van der Waals surface area contributed by atoms with Crippen LogP contribution in [-0.4, -0.2) is 33.2 Å². The summed E-state index contributed by atoms with van der Waals surface area (Å²) in [6, 6.07) is 11.6. The molecule has 2 aromatic rings. The summed E-state index contributed by atoms with van der Waals surface area (Å²) in [4.78, 5) is 12.2. The van der Waals surface area contributed by atoms with Gasteiger partial charge in [0.15, 0.2) is 0 Å². The Kier molecular flexibility index (Phi) is 5.81. The van der Waals surface area contributed by atoms with E-state index in [1.807, 2.05) is 25.1 Å². The molecule has 0 fully saturated rings. The normalized spacial score (nSPS) is 10.8. The molecule has 26 heavy (non-hydrogen) atoms. The lowest BCUT2D eigenvalue weighted by Crippen LogP contribution is -2.10. The zero-order valence-corrected chi connectivity index (χ0v) is 15.0. The average molecular weight is 353 g/mol. The minimum absolute atomic E-state index is 0.0272. The number of allylic oxidation sites excluding steroid dienone is 1. The number of nitriles is 1. The number of hydrogen-bond acceptors (Lipinski definition) is 6. The van der Waals surface area contributed by atoms with Gasteiger partial charge in [0.05, 0.1) is 36.5 Å². The highest BCUT2D eigenvalue weighted by atomic mass is 16.6. The number of anilines is 1. The number of methoxy groups -OCH3 is 2. The molecule has 0 aliphatic rings. The predicted molar refractivity (Wildman–Crippen MR) is 100 cm³/mol. The van der Waals surface area contributed by atoms with Gasteiger partial charge in [0.2, 0.25) is 0 Å². The van der Waals surface area contributed by atoms with E-state index in [0.717, 1.165) is 5.69 Å². The lowest BCUT2D eigenvalue weighted by atomic mass is 10.0. The van der Waals surface area contributed by atoms with Crippen molar-refractivity contribution in [3.05, 3.63) is 57.6 Å². The molecule has 2 rings (SSSR count). The number of ether oxygens (including phenoxy) is 2. The number of benzene rings is 2. The minimum atomic E-state index is -0.479. The molecule has 0 aliphatic carbocycles. The highest BCUT2D eigenvalue weighted by molar-refractivity contribution is 5.91. The minimum Gasteiger partial charge on any atom is -0.496 e. The molecule has 0 aliphatic heterocycles. The monoisotopic (exact) mass is 353 g/mol. The smallest absolute Gasteiger partial charge is 0.269 e. The van der Waals surface area contributed by atoms with Gasteiger partial charge in [-0.1, -0.05) is 0 Å². The van der Waals surface area contributed by atoms with Crippen LogP contribution in [0.5, 0.6) is 11.5 Å². The van der Waals surface area contributed by atoms with Crippen LogP contribution in [0.4, 0.5) is 11.4 Å². The van der Waals surface area contributed by atoms with Crippen molar-refractivity contribution in [2.45, 2.75) is 0 Å². The second kappa shape index (κ2) is 8.03. The molecular weight excluding hydrogens is 334 g/mol. The first-order valence-electron chi connectivity index (χ1n) is 7.71. The van der Waals surface area contributed by atoms with Gasteiger partial charge in [-0.25, -0.2) is 0 Å². The standard InChI is InChI=1S/C19H19N3O4/c1-21(2)17-11-18(25-3)14(10-19(17)26-4)9-15(12-20)13-5-7-16(8-6-13)22(23)24/h5-11H,1-4H3. The lowest BCUT2D eigenvalue weighted by molar-refractivity contribution is -0.384. The molecule has 0 atom stereocenters. The third kappa shape index (κ3) is 3.92. The topological polar surface area (TPSA) is 88.6 Å². The van der Waals surface area contributed by atoms with E-state index in [4.69, 9.17) is 9.47 Å². The highest BCUT2D eigenvalue weighted by Crippen LogP contribution is 2.36. The summed E-state index contributed by atoms with van der Waals surface area (Å²) in [5.74, 6) is 1.23. The summed E-state index contributed by atoms with van der Waals surface area (Å²) in [5.41, 5.74) is 2.43. The maximum absolute atomic E-state index is 10.8. The number of rotatable bonds is 6. The van der Waals surface area contributed by atoms with E-state index in [-0.39, 0.29) is 5.69 Å². The molecular formula is C19H19N3O4. The summed E-state index contributed by atoms with van der Waals surface area (Å²) in [5, 5.41) is 20.3. The quantitative estimate of drug-likeness (QED) is 0.340. The largest absolute Gasteiger partial charge is 0.496 e. The Labute approximate surface area is 151 Å². The zero-order chi connectivity index (χ0) is 19.3. The molecule has 0 unspecified atom stereocenters. The summed E-state index contributed by atoms with van der Waals surface area (Å²) in [6.07, 6.45) is 1.67. The van der Waals surface area contributed by atoms with Gasteiger partial charge in [0, 0.05) is 37.9 Å². The Morgan fingerprint density at radius 3 is 2.23 bits per heavy atom. The number of hydrogen-bond donors (Lipinski definition) is 0. The van der Waals surface area contributed by atoms with Crippen LogP contribution in [0.3, 0.4) is 0 Å². The molecule has 134 valence electrons. The summed E-state index contributed by atoms with van der Waals surface area (Å²) < 4.78 is 10.9. The van der Waals surface area contributed by atoms with Gasteiger partial charge in [-0.3, -0.25) is 10.1 Å². The Morgan fingerprint density at radius 2 is 1.77 bits per heavy atom. The molecule has 0 radical (unpaired) electrons. The second-order valence-electron chi connectivity index (χ2n) is 5.63. The van der Waals surface area contributed by atoms with E-state index in [2.05, 4.69) is 6.07 Å². The molecule has 2 aromatic carbocycles. The highest BCUT2D eigenvalue weighted by Gasteiger charge is 2.13. The van der Waals surface area contributed by atoms with Crippen molar-refractivity contribution in [2.75, 3.05) is 33.2 Å². The first-order valence-corrected chi connectivity index (χ1v) is 7.71. The van der Waals surface area contributed by atoms with Crippen molar-refractivity contribution in [1.29, 1.82) is 5.26 Å². The van der Waals surface area contributed by atoms with Crippen LogP contribution < -0.4 is 14.4 Å². The maximum atomic E-state index is 10.8. The van der Waals surface area contributed by atoms with Gasteiger partial charge in [0.1, 0.15) is 11.5 Å². The van der Waals surface area contributed by atoms with Crippen molar-refractivity contribution in [3.8, 4) is 17.6 Å². The zero-order valence-electron chi connectivity index (χ0n) is 15.0. The fourth-order valence-electron chi connectivity index (χ4n) is 2.47. The van der Waals surface area contributed by atoms with Gasteiger partial charge < -0.3 is 14.4 Å². The predicted octanol–water partition coefficient (Wildman–Crippen LogP) is 3.74. The molecule has 0 heterocycles. The molecule has 0 spiro atoms. The van der Waals surface area contributed by atoms with Gasteiger partial charge in [-0.2, -0.15) is 5.26 Å². The molecule has 0 N–H and O–H groups in total. The average Bonchev–Trinajstić information content (AvgIpc) is 2.65. The van der Waals surface area contributed by atoms with Crippen LogP contribution in [0, 0.1) is 21.4 Å². The first-order chi connectivity index (χ1) is 12.4. The Bertz CT molecular complexity index is 881. The van der Waals surface area contributed by atoms with Crippen molar-refractivity contribution >= 4 is 23.0 Å². The van der Waals surface area contributed by atoms with Crippen LogP contribution in [0.2, 0.25) is 0 Å². The molecule has 0 amide bonds. The molecule has 0 saturated heterocycles. The molecule has 7 nitrogen and oxygen atoms in total. The number of nitro benzene ring substituents is 1. The molecule has 7 heteroatoms. The van der Waals surface area contributed by atoms with Crippen LogP contribution in [0.15, 0.2) is 36.4 Å². The van der Waals surface area contributed by atoms with Crippen LogP contribution >= 0.6 is 0 Å². The van der Waals surface area contributed by atoms with Crippen molar-refractivity contribution in [3.63, 3.8) is 0 Å². The summed E-state index contributed by atoms with van der Waals surface area (Å²) in [6.45, 7) is 0. The Balaban J connectivity index is 2.54. The number of nitrogens with zero attached hydrogens (tertiary/aromatic N) is 3. The third-order valence-corrected chi connectivity index (χ3v) is 3.82.